The van der Waals surface area contributed by atoms with Gasteiger partial charge in [0.1, 0.15) is 5.82 Å². The zero-order chi connectivity index (χ0) is 11.1. The van der Waals surface area contributed by atoms with Crippen molar-refractivity contribution in [2.75, 3.05) is 20.1 Å². The molecule has 1 saturated heterocycles. The maximum Gasteiger partial charge on any atom is 0.113 e. The smallest absolute Gasteiger partial charge is 0.113 e. The number of hydrogen-bond acceptors (Lipinski definition) is 2. The van der Waals surface area contributed by atoms with Gasteiger partial charge in [0.2, 0.25) is 0 Å². The molecule has 0 radical (unpaired) electrons. The summed E-state index contributed by atoms with van der Waals surface area (Å²) >= 11 is 0. The van der Waals surface area contributed by atoms with E-state index in [1.165, 1.54) is 50.4 Å². The molecule has 2 unspecified atom stereocenters. The number of likely N-dealkylation sites (N-methyl/N-ethyl adjacent to an activating group) is 1. The Labute approximate surface area is 97.5 Å². The van der Waals surface area contributed by atoms with Gasteiger partial charge in [0, 0.05) is 30.9 Å². The van der Waals surface area contributed by atoms with Crippen LogP contribution in [0, 0.1) is 5.92 Å². The Kier molecular flexibility index (Phi) is 2.51. The monoisotopic (exact) mass is 219 g/mol. The SMILES string of the molecule is CC1CCn2c(cnc2C2CCN(C)C2)C1. The van der Waals surface area contributed by atoms with Crippen LogP contribution in [-0.4, -0.2) is 34.6 Å². The van der Waals surface area contributed by atoms with Gasteiger partial charge in [-0.2, -0.15) is 0 Å². The van der Waals surface area contributed by atoms with Gasteiger partial charge in [-0.1, -0.05) is 6.92 Å². The number of imidazole rings is 1. The molecular weight excluding hydrogens is 198 g/mol. The Morgan fingerprint density at radius 2 is 2.19 bits per heavy atom. The van der Waals surface area contributed by atoms with Crippen molar-refractivity contribution in [1.29, 1.82) is 0 Å². The van der Waals surface area contributed by atoms with Crippen LogP contribution in [0.25, 0.3) is 0 Å². The van der Waals surface area contributed by atoms with E-state index in [-0.39, 0.29) is 0 Å². The number of rotatable bonds is 1. The van der Waals surface area contributed by atoms with Crippen LogP contribution in [0.2, 0.25) is 0 Å². The molecule has 0 saturated carbocycles. The highest BCUT2D eigenvalue weighted by Crippen LogP contribution is 2.29. The zero-order valence-electron chi connectivity index (χ0n) is 10.3. The number of fused-ring (bicyclic) bond motifs is 1. The van der Waals surface area contributed by atoms with Crippen molar-refractivity contribution in [2.45, 2.75) is 38.6 Å². The van der Waals surface area contributed by atoms with E-state index in [2.05, 4.69) is 34.6 Å². The molecule has 1 aromatic rings. The summed E-state index contributed by atoms with van der Waals surface area (Å²) in [5.74, 6) is 2.86. The quantitative estimate of drug-likeness (QED) is 0.719. The third-order valence-electron chi connectivity index (χ3n) is 4.13. The van der Waals surface area contributed by atoms with Gasteiger partial charge in [0.25, 0.3) is 0 Å². The van der Waals surface area contributed by atoms with E-state index >= 15 is 0 Å². The molecule has 1 fully saturated rings. The summed E-state index contributed by atoms with van der Waals surface area (Å²) in [5, 5.41) is 0. The number of likely N-dealkylation sites (tertiary alicyclic amines) is 1. The summed E-state index contributed by atoms with van der Waals surface area (Å²) in [6.45, 7) is 5.95. The van der Waals surface area contributed by atoms with E-state index in [0.717, 1.165) is 5.92 Å². The van der Waals surface area contributed by atoms with Gasteiger partial charge in [-0.25, -0.2) is 4.98 Å². The maximum atomic E-state index is 4.68. The van der Waals surface area contributed by atoms with Crippen LogP contribution < -0.4 is 0 Å². The standard InChI is InChI=1S/C13H21N3/c1-10-3-6-16-12(7-10)8-14-13(16)11-4-5-15(2)9-11/h8,10-11H,3-7,9H2,1-2H3. The summed E-state index contributed by atoms with van der Waals surface area (Å²) in [6, 6.07) is 0. The molecule has 2 aliphatic heterocycles. The van der Waals surface area contributed by atoms with E-state index in [4.69, 9.17) is 0 Å². The average Bonchev–Trinajstić information content (AvgIpc) is 2.83. The molecule has 3 rings (SSSR count). The fourth-order valence-electron chi connectivity index (χ4n) is 3.13. The van der Waals surface area contributed by atoms with Crippen molar-refractivity contribution in [2.24, 2.45) is 5.92 Å². The first-order valence-electron chi connectivity index (χ1n) is 6.47. The van der Waals surface area contributed by atoms with E-state index < -0.39 is 0 Å². The third kappa shape index (κ3) is 1.67. The molecule has 3 heterocycles. The van der Waals surface area contributed by atoms with Crippen LogP contribution in [0.15, 0.2) is 6.20 Å². The largest absolute Gasteiger partial charge is 0.332 e. The molecular formula is C13H21N3. The predicted molar refractivity (Wildman–Crippen MR) is 64.6 cm³/mol. The van der Waals surface area contributed by atoms with Gasteiger partial charge in [0.15, 0.2) is 0 Å². The number of aromatic nitrogens is 2. The van der Waals surface area contributed by atoms with Crippen molar-refractivity contribution in [3.8, 4) is 0 Å². The maximum absolute atomic E-state index is 4.68. The molecule has 0 amide bonds. The van der Waals surface area contributed by atoms with E-state index in [9.17, 15) is 0 Å². The second-order valence-electron chi connectivity index (χ2n) is 5.61. The van der Waals surface area contributed by atoms with Crippen LogP contribution in [0.4, 0.5) is 0 Å². The van der Waals surface area contributed by atoms with Gasteiger partial charge < -0.3 is 9.47 Å². The minimum Gasteiger partial charge on any atom is -0.332 e. The molecule has 88 valence electrons. The molecule has 0 N–H and O–H groups in total. The van der Waals surface area contributed by atoms with Gasteiger partial charge in [-0.05, 0) is 38.8 Å². The average molecular weight is 219 g/mol. The Hall–Kier alpha value is -0.830. The fourth-order valence-corrected chi connectivity index (χ4v) is 3.13. The normalized spacial score (nSPS) is 30.6. The number of hydrogen-bond donors (Lipinski definition) is 0. The lowest BCUT2D eigenvalue weighted by Gasteiger charge is -2.23. The minimum atomic E-state index is 0.673. The highest BCUT2D eigenvalue weighted by atomic mass is 15.2. The van der Waals surface area contributed by atoms with Crippen LogP contribution in [0.1, 0.15) is 37.2 Å². The van der Waals surface area contributed by atoms with Crippen molar-refractivity contribution < 1.29 is 0 Å². The van der Waals surface area contributed by atoms with Crippen molar-refractivity contribution >= 4 is 0 Å². The Balaban J connectivity index is 1.86. The molecule has 0 aromatic carbocycles. The summed E-state index contributed by atoms with van der Waals surface area (Å²) in [4.78, 5) is 7.10. The lowest BCUT2D eigenvalue weighted by atomic mass is 9.98. The van der Waals surface area contributed by atoms with Crippen LogP contribution >= 0.6 is 0 Å². The molecule has 3 heteroatoms. The lowest BCUT2D eigenvalue weighted by molar-refractivity contribution is 0.389. The van der Waals surface area contributed by atoms with Crippen molar-refractivity contribution in [3.05, 3.63) is 17.7 Å². The first kappa shape index (κ1) is 10.3. The molecule has 1 aromatic heterocycles. The molecule has 16 heavy (non-hydrogen) atoms. The van der Waals surface area contributed by atoms with Gasteiger partial charge in [-0.3, -0.25) is 0 Å². The lowest BCUT2D eigenvalue weighted by Crippen LogP contribution is -2.21. The molecule has 0 spiro atoms. The van der Waals surface area contributed by atoms with Crippen LogP contribution in [-0.2, 0) is 13.0 Å². The predicted octanol–water partition coefficient (Wildman–Crippen LogP) is 1.88. The molecule has 2 atom stereocenters. The summed E-state index contributed by atoms with van der Waals surface area (Å²) in [6.07, 6.45) is 5.93. The van der Waals surface area contributed by atoms with Gasteiger partial charge in [0.05, 0.1) is 0 Å². The highest BCUT2D eigenvalue weighted by Gasteiger charge is 2.27. The zero-order valence-corrected chi connectivity index (χ0v) is 10.3. The molecule has 3 nitrogen and oxygen atoms in total. The van der Waals surface area contributed by atoms with E-state index in [1.807, 2.05) is 0 Å². The summed E-state index contributed by atoms with van der Waals surface area (Å²) < 4.78 is 2.49. The fraction of sp³-hybridized carbons (Fsp3) is 0.769. The van der Waals surface area contributed by atoms with E-state index in [1.54, 1.807) is 0 Å². The van der Waals surface area contributed by atoms with Crippen molar-refractivity contribution in [3.63, 3.8) is 0 Å². The van der Waals surface area contributed by atoms with Crippen LogP contribution in [0.3, 0.4) is 0 Å². The summed E-state index contributed by atoms with van der Waals surface area (Å²) in [7, 11) is 2.21. The second-order valence-corrected chi connectivity index (χ2v) is 5.61. The summed E-state index contributed by atoms with van der Waals surface area (Å²) in [5.41, 5.74) is 1.46. The molecule has 2 aliphatic rings. The first-order valence-corrected chi connectivity index (χ1v) is 6.47. The third-order valence-corrected chi connectivity index (χ3v) is 4.13. The van der Waals surface area contributed by atoms with Crippen LogP contribution in [0.5, 0.6) is 0 Å². The Morgan fingerprint density at radius 1 is 1.31 bits per heavy atom. The number of nitrogens with zero attached hydrogens (tertiary/aromatic N) is 3. The molecule has 0 bridgehead atoms. The Bertz CT molecular complexity index is 383. The van der Waals surface area contributed by atoms with Crippen molar-refractivity contribution in [1.82, 2.24) is 14.5 Å². The van der Waals surface area contributed by atoms with E-state index in [0.29, 0.717) is 5.92 Å². The second kappa shape index (κ2) is 3.88. The highest BCUT2D eigenvalue weighted by molar-refractivity contribution is 5.13. The topological polar surface area (TPSA) is 21.1 Å². The Morgan fingerprint density at radius 3 is 2.94 bits per heavy atom. The first-order chi connectivity index (χ1) is 7.74. The minimum absolute atomic E-state index is 0.673. The van der Waals surface area contributed by atoms with Gasteiger partial charge in [-0.15, -0.1) is 0 Å². The van der Waals surface area contributed by atoms with Gasteiger partial charge >= 0.3 is 0 Å². The molecule has 0 aliphatic carbocycles.